The zero-order valence-corrected chi connectivity index (χ0v) is 7.60. The molecule has 1 aliphatic rings. The number of imide groups is 1. The molecule has 1 heterocycles. The van der Waals surface area contributed by atoms with Gasteiger partial charge in [-0.3, -0.25) is 14.5 Å². The van der Waals surface area contributed by atoms with E-state index in [0.717, 1.165) is 4.90 Å². The Kier molecular flexibility index (Phi) is 3.06. The number of hydrogen-bond acceptors (Lipinski definition) is 3. The summed E-state index contributed by atoms with van der Waals surface area (Å²) >= 11 is 0. The number of carboxylic acid groups (broad SMARTS) is 1. The second-order valence-electron chi connectivity index (χ2n) is 3.27. The summed E-state index contributed by atoms with van der Waals surface area (Å²) in [5.74, 6) is -2.18. The van der Waals surface area contributed by atoms with Gasteiger partial charge in [-0.05, 0) is 12.8 Å². The van der Waals surface area contributed by atoms with E-state index in [-0.39, 0.29) is 13.0 Å². The first kappa shape index (κ1) is 10.5. The van der Waals surface area contributed by atoms with E-state index in [0.29, 0.717) is 12.8 Å². The largest absolute Gasteiger partial charge is 0.481 e. The zero-order chi connectivity index (χ0) is 10.7. The van der Waals surface area contributed by atoms with E-state index in [1.807, 2.05) is 0 Å². The molecule has 0 aromatic carbocycles. The van der Waals surface area contributed by atoms with E-state index in [9.17, 15) is 14.4 Å². The van der Waals surface area contributed by atoms with Crippen LogP contribution in [0.1, 0.15) is 19.3 Å². The summed E-state index contributed by atoms with van der Waals surface area (Å²) in [5, 5.41) is 8.72. The second kappa shape index (κ2) is 4.08. The molecule has 6 heteroatoms. The molecule has 3 amide bonds. The maximum absolute atomic E-state index is 11.3. The molecule has 0 aromatic rings. The number of carbonyl (C=O) groups is 3. The van der Waals surface area contributed by atoms with Crippen LogP contribution in [0, 0.1) is 5.92 Å². The van der Waals surface area contributed by atoms with Crippen LogP contribution in [-0.2, 0) is 9.59 Å². The smallest absolute Gasteiger partial charge is 0.321 e. The van der Waals surface area contributed by atoms with Gasteiger partial charge in [0.05, 0.1) is 5.92 Å². The number of aliphatic carboxylic acids is 1. The standard InChI is InChI=1S/C8H12N2O4/c9-8(14)10-3-1-2-5(7(12)13)4-6(10)11/h5H,1-4H2,(H2,9,14)(H,12,13). The zero-order valence-electron chi connectivity index (χ0n) is 7.60. The maximum Gasteiger partial charge on any atom is 0.321 e. The summed E-state index contributed by atoms with van der Waals surface area (Å²) in [6.45, 7) is 0.220. The molecule has 1 aliphatic heterocycles. The predicted octanol–water partition coefficient (Wildman–Crippen LogP) is -0.222. The molecule has 1 rings (SSSR count). The molecular formula is C8H12N2O4. The molecule has 14 heavy (non-hydrogen) atoms. The van der Waals surface area contributed by atoms with E-state index >= 15 is 0 Å². The van der Waals surface area contributed by atoms with Crippen LogP contribution in [0.2, 0.25) is 0 Å². The average molecular weight is 200 g/mol. The number of carbonyl (C=O) groups excluding carboxylic acids is 2. The van der Waals surface area contributed by atoms with Crippen LogP contribution in [0.3, 0.4) is 0 Å². The molecule has 0 aromatic heterocycles. The van der Waals surface area contributed by atoms with Gasteiger partial charge in [-0.1, -0.05) is 0 Å². The highest BCUT2D eigenvalue weighted by Crippen LogP contribution is 2.18. The van der Waals surface area contributed by atoms with Gasteiger partial charge in [0.2, 0.25) is 5.91 Å². The van der Waals surface area contributed by atoms with E-state index in [1.54, 1.807) is 0 Å². The van der Waals surface area contributed by atoms with Gasteiger partial charge in [-0.25, -0.2) is 4.79 Å². The fourth-order valence-corrected chi connectivity index (χ4v) is 1.49. The fraction of sp³-hybridized carbons (Fsp3) is 0.625. The summed E-state index contributed by atoms with van der Waals surface area (Å²) in [6, 6.07) is -0.805. The van der Waals surface area contributed by atoms with Gasteiger partial charge < -0.3 is 10.8 Å². The third-order valence-electron chi connectivity index (χ3n) is 2.27. The number of hydrogen-bond donors (Lipinski definition) is 2. The molecular weight excluding hydrogens is 188 g/mol. The molecule has 78 valence electrons. The molecule has 0 radical (unpaired) electrons. The van der Waals surface area contributed by atoms with Crippen LogP contribution in [0.5, 0.6) is 0 Å². The third-order valence-corrected chi connectivity index (χ3v) is 2.27. The molecule has 0 saturated carbocycles. The lowest BCUT2D eigenvalue weighted by atomic mass is 10.0. The average Bonchev–Trinajstić information content (AvgIpc) is 2.26. The van der Waals surface area contributed by atoms with Gasteiger partial charge >= 0.3 is 12.0 Å². The summed E-state index contributed by atoms with van der Waals surface area (Å²) in [7, 11) is 0. The molecule has 1 fully saturated rings. The highest BCUT2D eigenvalue weighted by molar-refractivity contribution is 5.95. The summed E-state index contributed by atoms with van der Waals surface area (Å²) in [6.07, 6.45) is 0.759. The first-order valence-electron chi connectivity index (χ1n) is 4.35. The summed E-state index contributed by atoms with van der Waals surface area (Å²) in [4.78, 5) is 33.7. The van der Waals surface area contributed by atoms with E-state index in [4.69, 9.17) is 10.8 Å². The van der Waals surface area contributed by atoms with Gasteiger partial charge in [0.15, 0.2) is 0 Å². The summed E-state index contributed by atoms with van der Waals surface area (Å²) in [5.41, 5.74) is 4.97. The lowest BCUT2D eigenvalue weighted by Crippen LogP contribution is -2.40. The van der Waals surface area contributed by atoms with Gasteiger partial charge in [-0.15, -0.1) is 0 Å². The molecule has 1 unspecified atom stereocenters. The molecule has 1 atom stereocenters. The minimum absolute atomic E-state index is 0.141. The van der Waals surface area contributed by atoms with Crippen molar-refractivity contribution in [3.05, 3.63) is 0 Å². The molecule has 0 bridgehead atoms. The van der Waals surface area contributed by atoms with Gasteiger partial charge in [-0.2, -0.15) is 0 Å². The van der Waals surface area contributed by atoms with E-state index in [2.05, 4.69) is 0 Å². The lowest BCUT2D eigenvalue weighted by Gasteiger charge is -2.14. The van der Waals surface area contributed by atoms with Crippen LogP contribution in [0.25, 0.3) is 0 Å². The summed E-state index contributed by atoms with van der Waals surface area (Å²) < 4.78 is 0. The first-order valence-corrected chi connectivity index (χ1v) is 4.35. The Morgan fingerprint density at radius 1 is 1.50 bits per heavy atom. The Labute approximate surface area is 80.7 Å². The van der Waals surface area contributed by atoms with Crippen LogP contribution < -0.4 is 5.73 Å². The van der Waals surface area contributed by atoms with Crippen LogP contribution in [0.4, 0.5) is 4.79 Å². The monoisotopic (exact) mass is 200 g/mol. The van der Waals surface area contributed by atoms with Crippen molar-refractivity contribution in [3.63, 3.8) is 0 Å². The Bertz CT molecular complexity index is 277. The Morgan fingerprint density at radius 3 is 2.64 bits per heavy atom. The molecule has 0 aliphatic carbocycles. The topological polar surface area (TPSA) is 101 Å². The normalized spacial score (nSPS) is 23.0. The third kappa shape index (κ3) is 2.21. The van der Waals surface area contributed by atoms with Crippen molar-refractivity contribution in [1.29, 1.82) is 0 Å². The van der Waals surface area contributed by atoms with Crippen molar-refractivity contribution in [2.45, 2.75) is 19.3 Å². The minimum Gasteiger partial charge on any atom is -0.481 e. The second-order valence-corrected chi connectivity index (χ2v) is 3.27. The van der Waals surface area contributed by atoms with Gasteiger partial charge in [0.25, 0.3) is 0 Å². The highest BCUT2D eigenvalue weighted by atomic mass is 16.4. The van der Waals surface area contributed by atoms with Crippen LogP contribution >= 0.6 is 0 Å². The number of primary amides is 1. The number of likely N-dealkylation sites (tertiary alicyclic amines) is 1. The Morgan fingerprint density at radius 2 is 2.14 bits per heavy atom. The van der Waals surface area contributed by atoms with Crippen molar-refractivity contribution < 1.29 is 19.5 Å². The van der Waals surface area contributed by atoms with E-state index in [1.165, 1.54) is 0 Å². The van der Waals surface area contributed by atoms with Gasteiger partial charge in [0, 0.05) is 13.0 Å². The first-order chi connectivity index (χ1) is 6.52. The van der Waals surface area contributed by atoms with Crippen molar-refractivity contribution in [2.24, 2.45) is 11.7 Å². The van der Waals surface area contributed by atoms with Crippen LogP contribution in [-0.4, -0.2) is 34.5 Å². The van der Waals surface area contributed by atoms with Gasteiger partial charge in [0.1, 0.15) is 0 Å². The molecule has 1 saturated heterocycles. The maximum atomic E-state index is 11.3. The predicted molar refractivity (Wildman–Crippen MR) is 46.3 cm³/mol. The van der Waals surface area contributed by atoms with E-state index < -0.39 is 23.8 Å². The Balaban J connectivity index is 2.70. The van der Waals surface area contributed by atoms with Crippen molar-refractivity contribution in [1.82, 2.24) is 4.90 Å². The number of rotatable bonds is 1. The number of nitrogens with zero attached hydrogens (tertiary/aromatic N) is 1. The Hall–Kier alpha value is -1.59. The quantitative estimate of drug-likeness (QED) is 0.610. The fourth-order valence-electron chi connectivity index (χ4n) is 1.49. The number of carboxylic acids is 1. The molecule has 0 spiro atoms. The minimum atomic E-state index is -0.996. The highest BCUT2D eigenvalue weighted by Gasteiger charge is 2.29. The van der Waals surface area contributed by atoms with Crippen molar-refractivity contribution in [3.8, 4) is 0 Å². The lowest BCUT2D eigenvalue weighted by molar-refractivity contribution is -0.144. The molecule has 6 nitrogen and oxygen atoms in total. The SMILES string of the molecule is NC(=O)N1CCCC(C(=O)O)CC1=O. The molecule has 3 N–H and O–H groups in total. The van der Waals surface area contributed by atoms with Crippen molar-refractivity contribution >= 4 is 17.9 Å². The number of amides is 3. The number of nitrogens with two attached hydrogens (primary N) is 1. The number of urea groups is 1. The van der Waals surface area contributed by atoms with Crippen molar-refractivity contribution in [2.75, 3.05) is 6.54 Å². The van der Waals surface area contributed by atoms with Crippen LogP contribution in [0.15, 0.2) is 0 Å².